The molecule has 1 saturated heterocycles. The third kappa shape index (κ3) is 5.96. The van der Waals surface area contributed by atoms with Gasteiger partial charge in [-0.2, -0.15) is 0 Å². The van der Waals surface area contributed by atoms with E-state index in [-0.39, 0.29) is 9.79 Å². The van der Waals surface area contributed by atoms with Gasteiger partial charge in [0.05, 0.1) is 33.4 Å². The maximum Gasteiger partial charge on any atom is 0.429 e. The van der Waals surface area contributed by atoms with Crippen molar-refractivity contribution in [3.05, 3.63) is 71.8 Å². The van der Waals surface area contributed by atoms with Crippen molar-refractivity contribution in [2.24, 2.45) is 0 Å². The Morgan fingerprint density at radius 3 is 1.41 bits per heavy atom. The lowest BCUT2D eigenvalue weighted by atomic mass is 10.2. The normalized spacial score (nSPS) is 18.8. The van der Waals surface area contributed by atoms with Gasteiger partial charge in [-0.05, 0) is 44.5 Å². The minimum atomic E-state index is -3.66. The average Bonchev–Trinajstić information content (AvgIpc) is 3.46. The highest BCUT2D eigenvalue weighted by Crippen LogP contribution is 2.33. The Morgan fingerprint density at radius 2 is 1.05 bits per heavy atom. The van der Waals surface area contributed by atoms with Crippen LogP contribution in [-0.4, -0.2) is 75.8 Å². The summed E-state index contributed by atoms with van der Waals surface area (Å²) >= 11 is 0. The molecule has 2 amide bonds. The van der Waals surface area contributed by atoms with Crippen LogP contribution in [0.2, 0.25) is 0 Å². The number of benzene rings is 2. The third-order valence-electron chi connectivity index (χ3n) is 6.19. The van der Waals surface area contributed by atoms with Gasteiger partial charge in [0.25, 0.3) is 0 Å². The summed E-state index contributed by atoms with van der Waals surface area (Å²) in [6.07, 6.45) is 2.16. The minimum Gasteiger partial charge on any atom is -0.447 e. The molecule has 1 aliphatic heterocycles. The van der Waals surface area contributed by atoms with Crippen LogP contribution in [-0.2, 0) is 29.1 Å². The lowest BCUT2D eigenvalue weighted by Gasteiger charge is -2.33. The van der Waals surface area contributed by atoms with Crippen LogP contribution in [0.4, 0.5) is 9.59 Å². The number of hydrogen-bond donors (Lipinski definition) is 0. The van der Waals surface area contributed by atoms with Crippen molar-refractivity contribution >= 4 is 31.9 Å². The molecule has 2 bridgehead atoms. The van der Waals surface area contributed by atoms with Crippen LogP contribution in [0, 0.1) is 13.8 Å². The minimum absolute atomic E-state index is 0.128. The fourth-order valence-corrected chi connectivity index (χ4v) is 6.31. The largest absolute Gasteiger partial charge is 0.447 e. The van der Waals surface area contributed by atoms with Crippen LogP contribution < -0.4 is 0 Å². The molecule has 2 unspecified atom stereocenters. The SMILES string of the molecule is Cc1ccc(S(=O)(=O)CCOC(=O)N2C3C=CC(C3)N2C(=O)OCCS(=O)(=O)c2ccc(C)cc2)cc1. The van der Waals surface area contributed by atoms with E-state index in [1.165, 1.54) is 24.3 Å². The number of aryl methyl sites for hydroxylation is 2. The van der Waals surface area contributed by atoms with E-state index in [1.54, 1.807) is 36.4 Å². The van der Waals surface area contributed by atoms with Crippen LogP contribution in [0.3, 0.4) is 0 Å². The zero-order valence-electron chi connectivity index (χ0n) is 20.4. The Kier molecular flexibility index (Phi) is 7.60. The summed E-state index contributed by atoms with van der Waals surface area (Å²) in [5, 5.41) is 2.17. The molecule has 2 atom stereocenters. The van der Waals surface area contributed by atoms with Crippen molar-refractivity contribution in [3.63, 3.8) is 0 Å². The van der Waals surface area contributed by atoms with E-state index >= 15 is 0 Å². The van der Waals surface area contributed by atoms with Crippen molar-refractivity contribution in [2.75, 3.05) is 24.7 Å². The molecule has 1 heterocycles. The molecule has 0 saturated carbocycles. The van der Waals surface area contributed by atoms with Crippen LogP contribution >= 0.6 is 0 Å². The molecular formula is C25H28N2O8S2. The Hall–Kier alpha value is -3.38. The number of sulfone groups is 2. The molecule has 37 heavy (non-hydrogen) atoms. The predicted molar refractivity (Wildman–Crippen MR) is 134 cm³/mol. The summed E-state index contributed by atoms with van der Waals surface area (Å²) in [4.78, 5) is 25.8. The number of amides is 2. The number of nitrogens with zero attached hydrogens (tertiary/aromatic N) is 2. The number of ether oxygens (including phenoxy) is 2. The average molecular weight is 549 g/mol. The van der Waals surface area contributed by atoms with Gasteiger partial charge in [0.15, 0.2) is 19.7 Å². The van der Waals surface area contributed by atoms with Gasteiger partial charge in [-0.3, -0.25) is 0 Å². The van der Waals surface area contributed by atoms with Gasteiger partial charge >= 0.3 is 12.2 Å². The summed E-state index contributed by atoms with van der Waals surface area (Å²) in [6.45, 7) is 2.89. The molecule has 4 rings (SSSR count). The lowest BCUT2D eigenvalue weighted by molar-refractivity contribution is -0.0127. The van der Waals surface area contributed by atoms with Gasteiger partial charge < -0.3 is 9.47 Å². The first-order chi connectivity index (χ1) is 17.5. The van der Waals surface area contributed by atoms with E-state index < -0.39 is 68.7 Å². The first-order valence-corrected chi connectivity index (χ1v) is 15.0. The van der Waals surface area contributed by atoms with E-state index in [0.29, 0.717) is 6.42 Å². The van der Waals surface area contributed by atoms with Gasteiger partial charge in [0.1, 0.15) is 13.2 Å². The number of hydrogen-bond acceptors (Lipinski definition) is 8. The summed E-state index contributed by atoms with van der Waals surface area (Å²) in [7, 11) is -7.32. The van der Waals surface area contributed by atoms with Crippen molar-refractivity contribution in [3.8, 4) is 0 Å². The second-order valence-electron chi connectivity index (χ2n) is 8.94. The molecular weight excluding hydrogens is 520 g/mol. The highest BCUT2D eigenvalue weighted by molar-refractivity contribution is 7.91. The molecule has 1 aliphatic carbocycles. The zero-order chi connectivity index (χ0) is 26.8. The molecule has 198 valence electrons. The number of fused-ring (bicyclic) bond motifs is 2. The Balaban J connectivity index is 1.33. The van der Waals surface area contributed by atoms with Crippen LogP contribution in [0.15, 0.2) is 70.5 Å². The molecule has 1 fully saturated rings. The van der Waals surface area contributed by atoms with Gasteiger partial charge in [-0.25, -0.2) is 36.4 Å². The Bertz CT molecular complexity index is 1290. The second kappa shape index (κ2) is 10.5. The van der Waals surface area contributed by atoms with E-state index in [4.69, 9.17) is 9.47 Å². The molecule has 12 heteroatoms. The lowest BCUT2D eigenvalue weighted by Crippen LogP contribution is -2.52. The summed E-state index contributed by atoms with van der Waals surface area (Å²) in [6, 6.07) is 11.8. The number of carbonyl (C=O) groups is 2. The smallest absolute Gasteiger partial charge is 0.429 e. The molecule has 10 nitrogen and oxygen atoms in total. The summed E-state index contributed by atoms with van der Waals surface area (Å²) in [5.74, 6) is -0.832. The van der Waals surface area contributed by atoms with Gasteiger partial charge in [0, 0.05) is 0 Å². The zero-order valence-corrected chi connectivity index (χ0v) is 22.1. The highest BCUT2D eigenvalue weighted by atomic mass is 32.2. The number of rotatable bonds is 8. The van der Waals surface area contributed by atoms with Crippen molar-refractivity contribution < 1.29 is 35.9 Å². The van der Waals surface area contributed by atoms with E-state index in [2.05, 4.69) is 0 Å². The monoisotopic (exact) mass is 548 g/mol. The predicted octanol–water partition coefficient (Wildman–Crippen LogP) is 3.05. The van der Waals surface area contributed by atoms with Crippen LogP contribution in [0.25, 0.3) is 0 Å². The van der Waals surface area contributed by atoms with Crippen LogP contribution in [0.1, 0.15) is 17.5 Å². The van der Waals surface area contributed by atoms with Crippen LogP contribution in [0.5, 0.6) is 0 Å². The number of carbonyl (C=O) groups excluding carboxylic acids is 2. The maximum absolute atomic E-state index is 12.8. The topological polar surface area (TPSA) is 127 Å². The van der Waals surface area contributed by atoms with Crippen molar-refractivity contribution in [1.29, 1.82) is 0 Å². The molecule has 0 spiro atoms. The highest BCUT2D eigenvalue weighted by Gasteiger charge is 2.48. The van der Waals surface area contributed by atoms with E-state index in [0.717, 1.165) is 21.1 Å². The van der Waals surface area contributed by atoms with Gasteiger partial charge in [0.2, 0.25) is 0 Å². The quantitative estimate of drug-likeness (QED) is 0.461. The van der Waals surface area contributed by atoms with Crippen molar-refractivity contribution in [1.82, 2.24) is 10.0 Å². The first-order valence-electron chi connectivity index (χ1n) is 11.7. The fraction of sp³-hybridized carbons (Fsp3) is 0.360. The molecule has 2 aromatic carbocycles. The molecule has 0 radical (unpaired) electrons. The number of hydrazine groups is 1. The third-order valence-corrected chi connectivity index (χ3v) is 9.58. The van der Waals surface area contributed by atoms with E-state index in [1.807, 2.05) is 13.8 Å². The molecule has 0 N–H and O–H groups in total. The van der Waals surface area contributed by atoms with Crippen molar-refractivity contribution in [2.45, 2.75) is 42.1 Å². The van der Waals surface area contributed by atoms with Gasteiger partial charge in [-0.1, -0.05) is 47.5 Å². The molecule has 2 aromatic rings. The van der Waals surface area contributed by atoms with E-state index in [9.17, 15) is 26.4 Å². The molecule has 2 aliphatic rings. The standard InChI is InChI=1S/C25H28N2O8S2/c1-18-3-9-22(10-4-18)36(30,31)15-13-34-24(28)26-20-7-8-21(17-20)27(26)25(29)35-14-16-37(32,33)23-11-5-19(2)6-12-23/h3-12,20-21H,13-17H2,1-2H3. The summed E-state index contributed by atoms with van der Waals surface area (Å²) in [5.41, 5.74) is 1.84. The molecule has 0 aromatic heterocycles. The fourth-order valence-electron chi connectivity index (χ4n) is 4.13. The van der Waals surface area contributed by atoms with Gasteiger partial charge in [-0.15, -0.1) is 0 Å². The summed E-state index contributed by atoms with van der Waals surface area (Å²) < 4.78 is 60.4. The first kappa shape index (κ1) is 26.7. The second-order valence-corrected chi connectivity index (χ2v) is 13.2. The maximum atomic E-state index is 12.8. The Morgan fingerprint density at radius 1 is 0.703 bits per heavy atom. The Labute approximate surface area is 216 Å².